The summed E-state index contributed by atoms with van der Waals surface area (Å²) >= 11 is 0. The minimum absolute atomic E-state index is 0.155. The molecule has 4 rings (SSSR count). The Morgan fingerprint density at radius 2 is 1.81 bits per heavy atom. The van der Waals surface area contributed by atoms with Gasteiger partial charge in [0.25, 0.3) is 0 Å². The summed E-state index contributed by atoms with van der Waals surface area (Å²) in [4.78, 5) is 4.40. The monoisotopic (exact) mass is 304 g/mol. The van der Waals surface area contributed by atoms with Crippen LogP contribution < -0.4 is 0 Å². The van der Waals surface area contributed by atoms with Crippen molar-refractivity contribution < 1.29 is 13.0 Å². The molecular formula is C15H10F2N2OS. The maximum absolute atomic E-state index is 14.1. The van der Waals surface area contributed by atoms with Gasteiger partial charge in [0.1, 0.15) is 22.8 Å². The third kappa shape index (κ3) is 1.75. The number of fused-ring (bicyclic) bond motifs is 3. The predicted octanol–water partition coefficient (Wildman–Crippen LogP) is 3.12. The van der Waals surface area contributed by atoms with E-state index in [-0.39, 0.29) is 11.3 Å². The molecule has 1 aliphatic rings. The minimum Gasteiger partial charge on any atom is -0.307 e. The van der Waals surface area contributed by atoms with E-state index in [9.17, 15) is 13.0 Å². The van der Waals surface area contributed by atoms with Gasteiger partial charge in [0.2, 0.25) is 0 Å². The molecule has 21 heavy (non-hydrogen) atoms. The average Bonchev–Trinajstić information content (AvgIpc) is 2.95. The lowest BCUT2D eigenvalue weighted by atomic mass is 10.2. The normalized spacial score (nSPS) is 20.9. The molecular weight excluding hydrogens is 294 g/mol. The summed E-state index contributed by atoms with van der Waals surface area (Å²) in [5.74, 6) is -0.562. The van der Waals surface area contributed by atoms with Gasteiger partial charge in [-0.3, -0.25) is 4.21 Å². The Bertz CT molecular complexity index is 870. The quantitative estimate of drug-likeness (QED) is 0.692. The van der Waals surface area contributed by atoms with Gasteiger partial charge in [0, 0.05) is 0 Å². The van der Waals surface area contributed by atoms with Crippen LogP contribution in [0.25, 0.3) is 11.0 Å². The summed E-state index contributed by atoms with van der Waals surface area (Å²) < 4.78 is 42.2. The highest BCUT2D eigenvalue weighted by molar-refractivity contribution is 7.84. The molecule has 0 saturated carbocycles. The largest absolute Gasteiger partial charge is 0.307 e. The van der Waals surface area contributed by atoms with Crippen LogP contribution in [0.15, 0.2) is 42.5 Å². The lowest BCUT2D eigenvalue weighted by Gasteiger charge is -2.15. The molecule has 0 radical (unpaired) electrons. The van der Waals surface area contributed by atoms with Crippen LogP contribution >= 0.6 is 0 Å². The Kier molecular flexibility index (Phi) is 2.68. The van der Waals surface area contributed by atoms with Crippen LogP contribution in [0.2, 0.25) is 0 Å². The Morgan fingerprint density at radius 1 is 1.10 bits per heavy atom. The molecule has 0 spiro atoms. The summed E-state index contributed by atoms with van der Waals surface area (Å²) in [6, 6.07) is 11.0. The second-order valence-electron chi connectivity index (χ2n) is 4.90. The highest BCUT2D eigenvalue weighted by Crippen LogP contribution is 2.37. The van der Waals surface area contributed by atoms with Gasteiger partial charge in [-0.05, 0) is 24.3 Å². The second kappa shape index (κ2) is 4.46. The highest BCUT2D eigenvalue weighted by Gasteiger charge is 2.36. The third-order valence-corrected chi connectivity index (χ3v) is 5.16. The molecule has 2 atom stereocenters. The molecule has 3 nitrogen and oxygen atoms in total. The molecule has 6 heteroatoms. The Labute approximate surface area is 121 Å². The van der Waals surface area contributed by atoms with E-state index in [2.05, 4.69) is 4.98 Å². The zero-order valence-electron chi connectivity index (χ0n) is 10.8. The van der Waals surface area contributed by atoms with Gasteiger partial charge in [-0.2, -0.15) is 0 Å². The topological polar surface area (TPSA) is 34.9 Å². The minimum atomic E-state index is -1.43. The van der Waals surface area contributed by atoms with Crippen LogP contribution in [-0.4, -0.2) is 13.8 Å². The zero-order chi connectivity index (χ0) is 14.6. The highest BCUT2D eigenvalue weighted by atomic mass is 32.2. The van der Waals surface area contributed by atoms with E-state index in [0.717, 1.165) is 11.0 Å². The number of benzene rings is 2. The van der Waals surface area contributed by atoms with Crippen LogP contribution in [0, 0.1) is 11.6 Å². The first-order valence-electron chi connectivity index (χ1n) is 6.44. The fourth-order valence-electron chi connectivity index (χ4n) is 2.79. The Morgan fingerprint density at radius 3 is 2.57 bits per heavy atom. The van der Waals surface area contributed by atoms with Crippen molar-refractivity contribution in [3.8, 4) is 0 Å². The number of hydrogen-bond acceptors (Lipinski definition) is 2. The van der Waals surface area contributed by atoms with Crippen molar-refractivity contribution in [3.63, 3.8) is 0 Å². The molecule has 0 aliphatic carbocycles. The van der Waals surface area contributed by atoms with Gasteiger partial charge >= 0.3 is 0 Å². The maximum atomic E-state index is 14.1. The van der Waals surface area contributed by atoms with E-state index >= 15 is 0 Å². The van der Waals surface area contributed by atoms with Gasteiger partial charge in [-0.25, -0.2) is 13.8 Å². The van der Waals surface area contributed by atoms with Crippen molar-refractivity contribution in [1.29, 1.82) is 0 Å². The van der Waals surface area contributed by atoms with Crippen molar-refractivity contribution in [3.05, 3.63) is 65.5 Å². The first-order valence-corrected chi connectivity index (χ1v) is 7.82. The van der Waals surface area contributed by atoms with Crippen LogP contribution in [0.4, 0.5) is 8.78 Å². The van der Waals surface area contributed by atoms with E-state index in [0.29, 0.717) is 5.82 Å². The number of aromatic nitrogens is 2. The number of halogens is 2. The zero-order valence-corrected chi connectivity index (χ0v) is 11.6. The molecule has 106 valence electrons. The summed E-state index contributed by atoms with van der Waals surface area (Å²) in [6.07, 6.45) is 0. The molecule has 0 bridgehead atoms. The summed E-state index contributed by atoms with van der Waals surface area (Å²) in [6.45, 7) is 0. The molecule has 1 aliphatic heterocycles. The van der Waals surface area contributed by atoms with Crippen LogP contribution in [-0.2, 0) is 16.6 Å². The summed E-state index contributed by atoms with van der Waals surface area (Å²) in [5.41, 5.74) is 1.33. The maximum Gasteiger partial charge on any atom is 0.142 e. The van der Waals surface area contributed by atoms with E-state index in [1.54, 1.807) is 4.57 Å². The molecule has 0 fully saturated rings. The van der Waals surface area contributed by atoms with Crippen molar-refractivity contribution in [2.24, 2.45) is 0 Å². The van der Waals surface area contributed by atoms with Crippen molar-refractivity contribution in [2.45, 2.75) is 11.1 Å². The molecule has 2 unspecified atom stereocenters. The van der Waals surface area contributed by atoms with Gasteiger partial charge in [0.05, 0.1) is 33.1 Å². The number of hydrogen-bond donors (Lipinski definition) is 0. The predicted molar refractivity (Wildman–Crippen MR) is 76.1 cm³/mol. The first kappa shape index (κ1) is 12.6. The third-order valence-electron chi connectivity index (χ3n) is 3.67. The number of imidazole rings is 1. The molecule has 1 aromatic heterocycles. The molecule has 0 amide bonds. The van der Waals surface area contributed by atoms with Gasteiger partial charge < -0.3 is 4.57 Å². The fourth-order valence-corrected chi connectivity index (χ4v) is 4.36. The van der Waals surface area contributed by atoms with Crippen LogP contribution in [0.5, 0.6) is 0 Å². The number of nitrogens with zero attached hydrogens (tertiary/aromatic N) is 2. The van der Waals surface area contributed by atoms with E-state index in [1.807, 2.05) is 24.3 Å². The van der Waals surface area contributed by atoms with Crippen molar-refractivity contribution in [1.82, 2.24) is 9.55 Å². The van der Waals surface area contributed by atoms with Gasteiger partial charge in [0.15, 0.2) is 0 Å². The second-order valence-corrected chi connectivity index (χ2v) is 6.40. The van der Waals surface area contributed by atoms with E-state index in [4.69, 9.17) is 0 Å². The van der Waals surface area contributed by atoms with Crippen LogP contribution in [0.3, 0.4) is 0 Å². The van der Waals surface area contributed by atoms with E-state index < -0.39 is 27.8 Å². The first-order chi connectivity index (χ1) is 10.2. The van der Waals surface area contributed by atoms with Gasteiger partial charge in [-0.15, -0.1) is 0 Å². The van der Waals surface area contributed by atoms with Crippen molar-refractivity contribution in [2.75, 3.05) is 0 Å². The fraction of sp³-hybridized carbons (Fsp3) is 0.133. The smallest absolute Gasteiger partial charge is 0.142 e. The van der Waals surface area contributed by atoms with Crippen molar-refractivity contribution >= 4 is 21.8 Å². The SMILES string of the molecule is O=S1Cc2nc3ccccc3n2C1c1c(F)cccc1F. The number of para-hydroxylation sites is 2. The molecule has 3 aromatic rings. The Balaban J connectivity index is 2.02. The molecule has 2 aromatic carbocycles. The molecule has 2 heterocycles. The molecule has 0 N–H and O–H groups in total. The number of rotatable bonds is 1. The Hall–Kier alpha value is -2.08. The summed E-state index contributed by atoms with van der Waals surface area (Å²) in [5, 5.41) is -0.867. The van der Waals surface area contributed by atoms with Crippen LogP contribution in [0.1, 0.15) is 16.8 Å². The van der Waals surface area contributed by atoms with Gasteiger partial charge in [-0.1, -0.05) is 18.2 Å². The standard InChI is InChI=1S/C15H10F2N2OS/c16-9-4-3-5-10(17)14(9)15-19-12-7-2-1-6-11(12)18-13(19)8-21(15)20/h1-7,15H,8H2. The lowest BCUT2D eigenvalue weighted by molar-refractivity contribution is 0.540. The lowest BCUT2D eigenvalue weighted by Crippen LogP contribution is -2.13. The average molecular weight is 304 g/mol. The molecule has 0 saturated heterocycles. The van der Waals surface area contributed by atoms with E-state index in [1.165, 1.54) is 18.2 Å². The summed E-state index contributed by atoms with van der Waals surface area (Å²) in [7, 11) is -1.43.